The summed E-state index contributed by atoms with van der Waals surface area (Å²) in [5, 5.41) is 9.97. The first-order valence-electron chi connectivity index (χ1n) is 10.1. The lowest BCUT2D eigenvalue weighted by molar-refractivity contribution is 0.0258. The third kappa shape index (κ3) is 4.21. The lowest BCUT2D eigenvalue weighted by Crippen LogP contribution is -2.38. The molecule has 1 amide bonds. The van der Waals surface area contributed by atoms with Gasteiger partial charge in [0.05, 0.1) is 11.3 Å². The van der Waals surface area contributed by atoms with Gasteiger partial charge < -0.3 is 14.5 Å². The highest BCUT2D eigenvalue weighted by Crippen LogP contribution is 2.36. The number of nitriles is 1. The molecule has 0 spiro atoms. The van der Waals surface area contributed by atoms with Crippen LogP contribution in [0.25, 0.3) is 0 Å². The molecule has 0 saturated heterocycles. The summed E-state index contributed by atoms with van der Waals surface area (Å²) in [6.07, 6.45) is 4.49. The first-order chi connectivity index (χ1) is 12.8. The highest BCUT2D eigenvalue weighted by molar-refractivity contribution is 5.71. The van der Waals surface area contributed by atoms with Gasteiger partial charge in [0.1, 0.15) is 11.7 Å². The van der Waals surface area contributed by atoms with Crippen molar-refractivity contribution in [3.05, 3.63) is 28.3 Å². The van der Waals surface area contributed by atoms with E-state index in [-0.39, 0.29) is 6.09 Å². The molecule has 146 valence electrons. The number of rotatable bonds is 2. The Morgan fingerprint density at radius 2 is 1.93 bits per heavy atom. The second-order valence-electron chi connectivity index (χ2n) is 8.57. The smallest absolute Gasteiger partial charge is 0.410 e. The van der Waals surface area contributed by atoms with Crippen LogP contribution in [0, 0.1) is 11.3 Å². The molecule has 0 N–H and O–H groups in total. The minimum Gasteiger partial charge on any atom is -0.444 e. The fraction of sp³-hybridized carbons (Fsp3) is 0.636. The molecule has 5 nitrogen and oxygen atoms in total. The van der Waals surface area contributed by atoms with E-state index in [0.29, 0.717) is 19.5 Å². The zero-order valence-electron chi connectivity index (χ0n) is 17.1. The molecule has 0 aromatic heterocycles. The van der Waals surface area contributed by atoms with Gasteiger partial charge in [0.15, 0.2) is 0 Å². The van der Waals surface area contributed by atoms with Gasteiger partial charge in [0, 0.05) is 26.2 Å². The lowest BCUT2D eigenvalue weighted by Gasteiger charge is -2.33. The average Bonchev–Trinajstić information content (AvgIpc) is 2.81. The molecule has 0 radical (unpaired) electrons. The van der Waals surface area contributed by atoms with E-state index in [1.807, 2.05) is 20.8 Å². The average molecular weight is 370 g/mol. The summed E-state index contributed by atoms with van der Waals surface area (Å²) in [5.74, 6) is 0. The molecule has 2 aliphatic heterocycles. The monoisotopic (exact) mass is 369 g/mol. The molecule has 1 aromatic rings. The number of amides is 1. The molecule has 0 fully saturated rings. The Balaban J connectivity index is 1.91. The van der Waals surface area contributed by atoms with Crippen LogP contribution < -0.4 is 4.90 Å². The molecule has 0 saturated carbocycles. The zero-order valence-corrected chi connectivity index (χ0v) is 17.1. The van der Waals surface area contributed by atoms with Crippen molar-refractivity contribution < 1.29 is 9.53 Å². The number of hydrogen-bond acceptors (Lipinski definition) is 4. The van der Waals surface area contributed by atoms with Crippen LogP contribution in [0.5, 0.6) is 0 Å². The number of anilines is 1. The summed E-state index contributed by atoms with van der Waals surface area (Å²) in [6.45, 7) is 11.1. The van der Waals surface area contributed by atoms with Gasteiger partial charge >= 0.3 is 6.09 Å². The van der Waals surface area contributed by atoms with Gasteiger partial charge in [0.25, 0.3) is 0 Å². The summed E-state index contributed by atoms with van der Waals surface area (Å²) < 4.78 is 5.55. The maximum absolute atomic E-state index is 12.5. The molecule has 3 rings (SSSR count). The second-order valence-corrected chi connectivity index (χ2v) is 8.57. The first kappa shape index (κ1) is 19.5. The van der Waals surface area contributed by atoms with Crippen molar-refractivity contribution in [3.63, 3.8) is 0 Å². The topological polar surface area (TPSA) is 56.6 Å². The maximum atomic E-state index is 12.5. The van der Waals surface area contributed by atoms with Crippen LogP contribution in [0.1, 0.15) is 62.8 Å². The van der Waals surface area contributed by atoms with Gasteiger partial charge in [-0.1, -0.05) is 13.0 Å². The Labute approximate surface area is 162 Å². The van der Waals surface area contributed by atoms with Gasteiger partial charge in [-0.3, -0.25) is 0 Å². The fourth-order valence-corrected chi connectivity index (χ4v) is 4.20. The van der Waals surface area contributed by atoms with Gasteiger partial charge in [-0.15, -0.1) is 0 Å². The largest absolute Gasteiger partial charge is 0.444 e. The molecule has 2 heterocycles. The Bertz CT molecular complexity index is 758. The summed E-state index contributed by atoms with van der Waals surface area (Å²) in [6, 6.07) is 4.80. The van der Waals surface area contributed by atoms with Crippen LogP contribution in [-0.4, -0.2) is 42.8 Å². The van der Waals surface area contributed by atoms with Crippen molar-refractivity contribution >= 4 is 11.8 Å². The highest BCUT2D eigenvalue weighted by atomic mass is 16.6. The Morgan fingerprint density at radius 3 is 2.59 bits per heavy atom. The SMILES string of the molecule is CCCN1CCCc2cc3c(c(C#N)c21)CCN(C(=O)OC(C)(C)C)CC3. The van der Waals surface area contributed by atoms with E-state index in [1.165, 1.54) is 11.1 Å². The number of carbonyl (C=O) groups is 1. The Hall–Kier alpha value is -2.22. The third-order valence-electron chi connectivity index (χ3n) is 5.31. The number of carbonyl (C=O) groups excluding carboxylic acids is 1. The third-order valence-corrected chi connectivity index (χ3v) is 5.31. The Morgan fingerprint density at radius 1 is 1.19 bits per heavy atom. The van der Waals surface area contributed by atoms with Crippen LogP contribution in [0.15, 0.2) is 6.07 Å². The van der Waals surface area contributed by atoms with E-state index in [4.69, 9.17) is 4.74 Å². The summed E-state index contributed by atoms with van der Waals surface area (Å²) in [7, 11) is 0. The number of nitrogens with zero attached hydrogens (tertiary/aromatic N) is 3. The lowest BCUT2D eigenvalue weighted by atomic mass is 9.88. The molecule has 1 aromatic carbocycles. The molecule has 0 bridgehead atoms. The van der Waals surface area contributed by atoms with Crippen molar-refractivity contribution in [1.29, 1.82) is 5.26 Å². The fourth-order valence-electron chi connectivity index (χ4n) is 4.20. The minimum absolute atomic E-state index is 0.258. The second kappa shape index (κ2) is 7.80. The molecular formula is C22H31N3O2. The van der Waals surface area contributed by atoms with Gasteiger partial charge in [-0.05, 0) is 69.6 Å². The van der Waals surface area contributed by atoms with Crippen molar-refractivity contribution in [2.45, 2.75) is 65.4 Å². The molecule has 0 atom stereocenters. The molecule has 5 heteroatoms. The Kier molecular flexibility index (Phi) is 5.64. The standard InChI is InChI=1S/C22H31N3O2/c1-5-10-24-11-6-7-17-14-16-8-12-25(21(26)27-22(2,3)4)13-9-18(16)19(15-23)20(17)24/h14H,5-13H2,1-4H3. The van der Waals surface area contributed by atoms with Crippen LogP contribution in [0.2, 0.25) is 0 Å². The first-order valence-corrected chi connectivity index (χ1v) is 10.1. The number of aryl methyl sites for hydroxylation is 1. The van der Waals surface area contributed by atoms with Crippen LogP contribution in [-0.2, 0) is 24.0 Å². The van der Waals surface area contributed by atoms with E-state index in [9.17, 15) is 10.1 Å². The summed E-state index contributed by atoms with van der Waals surface area (Å²) in [4.78, 5) is 16.7. The maximum Gasteiger partial charge on any atom is 0.410 e. The minimum atomic E-state index is -0.492. The summed E-state index contributed by atoms with van der Waals surface area (Å²) in [5.41, 5.74) is 5.15. The van der Waals surface area contributed by atoms with Crippen molar-refractivity contribution in [2.24, 2.45) is 0 Å². The van der Waals surface area contributed by atoms with Crippen molar-refractivity contribution in [2.75, 3.05) is 31.1 Å². The molecule has 0 aliphatic carbocycles. The number of benzene rings is 1. The normalized spacial score (nSPS) is 16.9. The van der Waals surface area contributed by atoms with Crippen molar-refractivity contribution in [3.8, 4) is 6.07 Å². The predicted molar refractivity (Wildman–Crippen MR) is 107 cm³/mol. The molecule has 2 aliphatic rings. The van der Waals surface area contributed by atoms with Crippen LogP contribution in [0.4, 0.5) is 10.5 Å². The number of fused-ring (bicyclic) bond motifs is 2. The van der Waals surface area contributed by atoms with E-state index in [2.05, 4.69) is 24.0 Å². The quantitative estimate of drug-likeness (QED) is 0.789. The van der Waals surface area contributed by atoms with Crippen LogP contribution in [0.3, 0.4) is 0 Å². The molecule has 27 heavy (non-hydrogen) atoms. The highest BCUT2D eigenvalue weighted by Gasteiger charge is 2.29. The predicted octanol–water partition coefficient (Wildman–Crippen LogP) is 4.06. The molecular weight excluding hydrogens is 338 g/mol. The van der Waals surface area contributed by atoms with Gasteiger partial charge in [0.2, 0.25) is 0 Å². The van der Waals surface area contributed by atoms with Crippen LogP contribution >= 0.6 is 0 Å². The summed E-state index contributed by atoms with van der Waals surface area (Å²) >= 11 is 0. The molecule has 0 unspecified atom stereocenters. The van der Waals surface area contributed by atoms with Gasteiger partial charge in [-0.25, -0.2) is 4.79 Å². The number of hydrogen-bond donors (Lipinski definition) is 0. The zero-order chi connectivity index (χ0) is 19.6. The van der Waals surface area contributed by atoms with E-state index in [0.717, 1.165) is 55.6 Å². The van der Waals surface area contributed by atoms with Gasteiger partial charge in [-0.2, -0.15) is 5.26 Å². The van der Waals surface area contributed by atoms with Crippen molar-refractivity contribution in [1.82, 2.24) is 4.90 Å². The number of ether oxygens (including phenoxy) is 1. The van der Waals surface area contributed by atoms with E-state index in [1.54, 1.807) is 4.90 Å². The van der Waals surface area contributed by atoms with E-state index >= 15 is 0 Å². The van der Waals surface area contributed by atoms with E-state index < -0.39 is 5.60 Å².